The summed E-state index contributed by atoms with van der Waals surface area (Å²) in [5, 5.41) is 2.96. The molecule has 5 rings (SSSR count). The average Bonchev–Trinajstić information content (AvgIpc) is 3.45. The second kappa shape index (κ2) is 12.0. The summed E-state index contributed by atoms with van der Waals surface area (Å²) in [5.74, 6) is 0.647. The Bertz CT molecular complexity index is 1470. The van der Waals surface area contributed by atoms with E-state index in [0.29, 0.717) is 56.0 Å². The lowest BCUT2D eigenvalue weighted by Gasteiger charge is -2.34. The number of aromatic nitrogens is 2. The van der Waals surface area contributed by atoms with E-state index in [4.69, 9.17) is 9.72 Å². The second-order valence-corrected chi connectivity index (χ2v) is 15.3. The van der Waals surface area contributed by atoms with Crippen molar-refractivity contribution in [3.63, 3.8) is 0 Å². The first-order valence-corrected chi connectivity index (χ1v) is 16.7. The van der Waals surface area contributed by atoms with Crippen LogP contribution >= 0.6 is 0 Å². The Balaban J connectivity index is 1.45. The van der Waals surface area contributed by atoms with Crippen LogP contribution in [0.15, 0.2) is 35.4 Å². The number of nitrogens with zero attached hydrogens (tertiary/aromatic N) is 4. The summed E-state index contributed by atoms with van der Waals surface area (Å²) in [6.45, 7) is 13.1. The van der Waals surface area contributed by atoms with E-state index in [1.165, 1.54) is 6.07 Å². The van der Waals surface area contributed by atoms with Crippen LogP contribution in [-0.2, 0) is 19.6 Å². The van der Waals surface area contributed by atoms with Gasteiger partial charge in [-0.1, -0.05) is 26.8 Å². The molecule has 2 aromatic heterocycles. The second-order valence-electron chi connectivity index (χ2n) is 13.7. The third-order valence-corrected chi connectivity index (χ3v) is 9.70. The van der Waals surface area contributed by atoms with Gasteiger partial charge in [-0.15, -0.1) is 0 Å². The molecular weight excluding hydrogens is 568 g/mol. The molecule has 0 aliphatic carbocycles. The normalized spacial score (nSPS) is 23.7. The van der Waals surface area contributed by atoms with E-state index >= 15 is 0 Å². The number of pyridine rings is 2. The summed E-state index contributed by atoms with van der Waals surface area (Å²) in [6.07, 6.45) is 4.63. The largest absolute Gasteiger partial charge is 0.370 e. The van der Waals surface area contributed by atoms with E-state index in [-0.39, 0.29) is 27.5 Å². The van der Waals surface area contributed by atoms with Gasteiger partial charge in [-0.25, -0.2) is 14.7 Å². The van der Waals surface area contributed by atoms with Crippen molar-refractivity contribution >= 4 is 39.3 Å². The lowest BCUT2D eigenvalue weighted by molar-refractivity contribution is -0.127. The van der Waals surface area contributed by atoms with Gasteiger partial charge in [0.2, 0.25) is 0 Å². The topological polar surface area (TPSA) is 134 Å². The van der Waals surface area contributed by atoms with Crippen LogP contribution in [0.25, 0.3) is 0 Å². The zero-order chi connectivity index (χ0) is 31.0. The molecule has 2 fully saturated rings. The maximum Gasteiger partial charge on any atom is 0.281 e. The fourth-order valence-electron chi connectivity index (χ4n) is 6.29. The highest BCUT2D eigenvalue weighted by Crippen LogP contribution is 2.40. The van der Waals surface area contributed by atoms with Gasteiger partial charge in [0.05, 0.1) is 5.56 Å². The highest BCUT2D eigenvalue weighted by Gasteiger charge is 2.42. The number of nitrogens with one attached hydrogen (secondary N) is 2. The molecule has 11 nitrogen and oxygen atoms in total. The summed E-state index contributed by atoms with van der Waals surface area (Å²) in [7, 11) is -4.25. The van der Waals surface area contributed by atoms with Gasteiger partial charge >= 0.3 is 0 Å². The van der Waals surface area contributed by atoms with Gasteiger partial charge in [-0.2, -0.15) is 8.42 Å². The van der Waals surface area contributed by atoms with E-state index in [1.54, 1.807) is 29.2 Å². The Hall–Kier alpha value is -3.25. The molecule has 2 N–H and O–H groups in total. The Morgan fingerprint density at radius 3 is 2.65 bits per heavy atom. The molecule has 3 aliphatic rings. The molecule has 5 heterocycles. The Morgan fingerprint density at radius 2 is 1.88 bits per heavy atom. The van der Waals surface area contributed by atoms with Crippen LogP contribution in [0.1, 0.15) is 83.5 Å². The van der Waals surface area contributed by atoms with E-state index < -0.39 is 22.0 Å². The summed E-state index contributed by atoms with van der Waals surface area (Å²) in [5.41, 5.74) is -0.000598. The van der Waals surface area contributed by atoms with Gasteiger partial charge in [0, 0.05) is 38.2 Å². The predicted octanol–water partition coefficient (Wildman–Crippen LogP) is 4.35. The first kappa shape index (κ1) is 31.2. The van der Waals surface area contributed by atoms with Crippen molar-refractivity contribution in [1.29, 1.82) is 0 Å². The standard InChI is InChI=1S/C31H44N6O5S/c1-30(2,3)15-8-18-42-23-14-17-36(29(23)39)25-13-12-22-27(34-25)37-20-21(19-31(37,4)5)9-7-16-32-24-10-6-11-26(33-24)43(40,41)35-28(22)38/h6,10-13,21,23H,7-9,14-20H2,1-5H3,(H,32,33)(H,35,38)/t21?,23-/m0/s1. The van der Waals surface area contributed by atoms with Crippen LogP contribution in [-0.4, -0.2) is 68.1 Å². The quantitative estimate of drug-likeness (QED) is 0.473. The minimum Gasteiger partial charge on any atom is -0.370 e. The number of rotatable bonds is 5. The minimum atomic E-state index is -4.25. The monoisotopic (exact) mass is 612 g/mol. The van der Waals surface area contributed by atoms with Gasteiger partial charge in [-0.05, 0) is 81.5 Å². The molecular formula is C31H44N6O5S. The average molecular weight is 613 g/mol. The first-order valence-electron chi connectivity index (χ1n) is 15.2. The molecule has 0 saturated carbocycles. The molecule has 0 spiro atoms. The van der Waals surface area contributed by atoms with Crippen molar-refractivity contribution in [1.82, 2.24) is 14.7 Å². The van der Waals surface area contributed by atoms with Gasteiger partial charge in [-0.3, -0.25) is 14.5 Å². The fraction of sp³-hybridized carbons (Fsp3) is 0.613. The van der Waals surface area contributed by atoms with Crippen molar-refractivity contribution in [3.8, 4) is 0 Å². The Morgan fingerprint density at radius 1 is 1.09 bits per heavy atom. The van der Waals surface area contributed by atoms with Crippen molar-refractivity contribution in [2.45, 2.75) is 89.8 Å². The highest BCUT2D eigenvalue weighted by atomic mass is 32.2. The number of hydrogen-bond acceptors (Lipinski definition) is 9. The van der Waals surface area contributed by atoms with E-state index in [0.717, 1.165) is 32.1 Å². The van der Waals surface area contributed by atoms with Crippen LogP contribution in [0.2, 0.25) is 0 Å². The molecule has 3 aliphatic heterocycles. The minimum absolute atomic E-state index is 0.131. The number of amides is 2. The van der Waals surface area contributed by atoms with Crippen molar-refractivity contribution in [3.05, 3.63) is 35.9 Å². The van der Waals surface area contributed by atoms with Gasteiger partial charge < -0.3 is 15.0 Å². The molecule has 2 atom stereocenters. The maximum atomic E-state index is 13.6. The van der Waals surface area contributed by atoms with Gasteiger partial charge in [0.25, 0.3) is 21.8 Å². The number of sulfonamides is 1. The molecule has 2 saturated heterocycles. The van der Waals surface area contributed by atoms with Crippen molar-refractivity contribution in [2.24, 2.45) is 11.3 Å². The van der Waals surface area contributed by atoms with E-state index in [2.05, 4.69) is 54.5 Å². The molecule has 12 heteroatoms. The van der Waals surface area contributed by atoms with Crippen LogP contribution in [0, 0.1) is 11.3 Å². The number of carbonyl (C=O) groups excluding carboxylic acids is 2. The lowest BCUT2D eigenvalue weighted by Crippen LogP contribution is -2.41. The smallest absolute Gasteiger partial charge is 0.281 e. The summed E-state index contributed by atoms with van der Waals surface area (Å²) in [6, 6.07) is 7.85. The SMILES string of the molecule is CC(C)(C)CCCO[C@H]1CCN(c2ccc3c(n2)N2CC(CCCNc4cccc(n4)S(=O)(=O)NC3=O)CC2(C)C)C1=O. The van der Waals surface area contributed by atoms with Crippen LogP contribution in [0.3, 0.4) is 0 Å². The first-order chi connectivity index (χ1) is 20.2. The number of fused-ring (bicyclic) bond motifs is 6. The summed E-state index contributed by atoms with van der Waals surface area (Å²) < 4.78 is 34.6. The zero-order valence-electron chi connectivity index (χ0n) is 25.9. The molecule has 234 valence electrons. The zero-order valence-corrected chi connectivity index (χ0v) is 26.7. The molecule has 2 amide bonds. The van der Waals surface area contributed by atoms with E-state index in [1.807, 2.05) is 0 Å². The van der Waals surface area contributed by atoms with Gasteiger partial charge in [0.15, 0.2) is 5.03 Å². The molecule has 0 radical (unpaired) electrons. The van der Waals surface area contributed by atoms with Crippen molar-refractivity contribution in [2.75, 3.05) is 41.4 Å². The fourth-order valence-corrected chi connectivity index (χ4v) is 7.22. The third kappa shape index (κ3) is 7.12. The highest BCUT2D eigenvalue weighted by molar-refractivity contribution is 7.90. The van der Waals surface area contributed by atoms with Crippen LogP contribution in [0.5, 0.6) is 0 Å². The number of carbonyl (C=O) groups is 2. The number of ether oxygens (including phenoxy) is 1. The van der Waals surface area contributed by atoms with Gasteiger partial charge in [0.1, 0.15) is 23.6 Å². The van der Waals surface area contributed by atoms with E-state index in [9.17, 15) is 18.0 Å². The molecule has 1 unspecified atom stereocenters. The summed E-state index contributed by atoms with van der Waals surface area (Å²) >= 11 is 0. The predicted molar refractivity (Wildman–Crippen MR) is 166 cm³/mol. The lowest BCUT2D eigenvalue weighted by atomic mass is 9.91. The molecule has 43 heavy (non-hydrogen) atoms. The Kier molecular flexibility index (Phi) is 8.72. The maximum absolute atomic E-state index is 13.6. The van der Waals surface area contributed by atoms with Crippen LogP contribution < -0.4 is 19.8 Å². The van der Waals surface area contributed by atoms with Crippen LogP contribution in [0.4, 0.5) is 17.5 Å². The summed E-state index contributed by atoms with van der Waals surface area (Å²) in [4.78, 5) is 39.8. The Labute approximate surface area is 254 Å². The van der Waals surface area contributed by atoms with Crippen molar-refractivity contribution < 1.29 is 22.7 Å². The molecule has 0 aromatic carbocycles. The molecule has 2 aromatic rings. The third-order valence-electron chi connectivity index (χ3n) is 8.46. The number of hydrogen-bond donors (Lipinski definition) is 2. The molecule has 4 bridgehead atoms. The number of anilines is 3.